The largest absolute Gasteiger partial charge is 0.495 e. The van der Waals surface area contributed by atoms with Crippen LogP contribution in [-0.2, 0) is 24.4 Å². The zero-order chi connectivity index (χ0) is 21.9. The predicted octanol–water partition coefficient (Wildman–Crippen LogP) is 2.50. The summed E-state index contributed by atoms with van der Waals surface area (Å²) in [5, 5.41) is 2.58. The lowest BCUT2D eigenvalue weighted by Crippen LogP contribution is -2.40. The molecule has 1 aliphatic rings. The summed E-state index contributed by atoms with van der Waals surface area (Å²) in [6.45, 7) is 1.34. The van der Waals surface area contributed by atoms with E-state index in [-0.39, 0.29) is 52.6 Å². The standard InChI is InChI=1S/C20H21N3O6S/c1-13(24)21-14-5-3-6-15(11-14)22-30(27,28)18-12-16(9-10-17(18)29-2)23-19(25)7-4-8-20(23)26/h3,5-6,9-12,22H,4,7-8H2,1-2H3,(H,21,24). The molecule has 2 N–H and O–H groups in total. The molecule has 1 aliphatic heterocycles. The first-order valence-corrected chi connectivity index (χ1v) is 10.6. The second kappa shape index (κ2) is 8.54. The summed E-state index contributed by atoms with van der Waals surface area (Å²) < 4.78 is 33.7. The number of imide groups is 1. The minimum Gasteiger partial charge on any atom is -0.495 e. The van der Waals surface area contributed by atoms with E-state index in [9.17, 15) is 22.8 Å². The number of piperidine rings is 1. The van der Waals surface area contributed by atoms with Crippen molar-refractivity contribution in [2.75, 3.05) is 22.0 Å². The van der Waals surface area contributed by atoms with Gasteiger partial charge in [0.05, 0.1) is 18.5 Å². The minimum absolute atomic E-state index is 0.0566. The Kier molecular flexibility index (Phi) is 6.06. The van der Waals surface area contributed by atoms with Gasteiger partial charge in [-0.2, -0.15) is 0 Å². The van der Waals surface area contributed by atoms with Gasteiger partial charge in [-0.3, -0.25) is 24.0 Å². The number of carbonyl (C=O) groups is 3. The highest BCUT2D eigenvalue weighted by molar-refractivity contribution is 7.92. The molecule has 0 atom stereocenters. The number of ether oxygens (including phenoxy) is 1. The van der Waals surface area contributed by atoms with Crippen LogP contribution in [0.3, 0.4) is 0 Å². The minimum atomic E-state index is -4.13. The maximum atomic E-state index is 13.0. The topological polar surface area (TPSA) is 122 Å². The second-order valence-corrected chi connectivity index (χ2v) is 8.33. The van der Waals surface area contributed by atoms with Crippen LogP contribution in [0.5, 0.6) is 5.75 Å². The van der Waals surface area contributed by atoms with E-state index in [4.69, 9.17) is 4.74 Å². The lowest BCUT2D eigenvalue weighted by atomic mass is 10.1. The van der Waals surface area contributed by atoms with Crippen molar-refractivity contribution < 1.29 is 27.5 Å². The summed E-state index contributed by atoms with van der Waals surface area (Å²) >= 11 is 0. The number of anilines is 3. The second-order valence-electron chi connectivity index (χ2n) is 6.68. The number of benzene rings is 2. The Hall–Kier alpha value is -3.40. The van der Waals surface area contributed by atoms with Gasteiger partial charge in [-0.1, -0.05) is 6.07 Å². The van der Waals surface area contributed by atoms with E-state index in [0.717, 1.165) is 4.90 Å². The van der Waals surface area contributed by atoms with Crippen molar-refractivity contribution in [3.8, 4) is 5.75 Å². The molecule has 30 heavy (non-hydrogen) atoms. The van der Waals surface area contributed by atoms with Crippen LogP contribution in [0.4, 0.5) is 17.1 Å². The summed E-state index contributed by atoms with van der Waals surface area (Å²) in [5.74, 6) is -0.993. The Labute approximate surface area is 174 Å². The Balaban J connectivity index is 1.97. The Morgan fingerprint density at radius 2 is 1.70 bits per heavy atom. The molecular weight excluding hydrogens is 410 g/mol. The molecule has 9 nitrogen and oxygen atoms in total. The first-order valence-electron chi connectivity index (χ1n) is 9.15. The van der Waals surface area contributed by atoms with E-state index in [1.807, 2.05) is 0 Å². The molecule has 1 heterocycles. The molecule has 0 aliphatic carbocycles. The van der Waals surface area contributed by atoms with E-state index in [0.29, 0.717) is 12.1 Å². The Morgan fingerprint density at radius 3 is 2.33 bits per heavy atom. The van der Waals surface area contributed by atoms with E-state index >= 15 is 0 Å². The number of methoxy groups -OCH3 is 1. The number of hydrogen-bond donors (Lipinski definition) is 2. The Bertz CT molecular complexity index is 1100. The SMILES string of the molecule is COc1ccc(N2C(=O)CCCC2=O)cc1S(=O)(=O)Nc1cccc(NC(C)=O)c1. The molecule has 10 heteroatoms. The van der Waals surface area contributed by atoms with E-state index < -0.39 is 10.0 Å². The van der Waals surface area contributed by atoms with Crippen LogP contribution in [0.1, 0.15) is 26.2 Å². The lowest BCUT2D eigenvalue weighted by molar-refractivity contribution is -0.129. The zero-order valence-electron chi connectivity index (χ0n) is 16.5. The van der Waals surface area contributed by atoms with Crippen LogP contribution in [0, 0.1) is 0 Å². The van der Waals surface area contributed by atoms with Crippen molar-refractivity contribution in [1.82, 2.24) is 0 Å². The van der Waals surface area contributed by atoms with E-state index in [1.54, 1.807) is 12.1 Å². The Morgan fingerprint density at radius 1 is 1.03 bits per heavy atom. The van der Waals surface area contributed by atoms with Crippen molar-refractivity contribution in [2.45, 2.75) is 31.1 Å². The number of amides is 3. The summed E-state index contributed by atoms with van der Waals surface area (Å²) in [7, 11) is -2.81. The van der Waals surface area contributed by atoms with Crippen LogP contribution < -0.4 is 19.7 Å². The number of nitrogens with one attached hydrogen (secondary N) is 2. The maximum Gasteiger partial charge on any atom is 0.265 e. The molecule has 0 unspecified atom stereocenters. The quantitative estimate of drug-likeness (QED) is 0.678. The van der Waals surface area contributed by atoms with Gasteiger partial charge in [0, 0.05) is 25.5 Å². The van der Waals surface area contributed by atoms with Gasteiger partial charge in [-0.05, 0) is 42.8 Å². The van der Waals surface area contributed by atoms with Gasteiger partial charge < -0.3 is 10.1 Å². The molecule has 1 fully saturated rings. The molecular formula is C20H21N3O6S. The van der Waals surface area contributed by atoms with Gasteiger partial charge in [-0.25, -0.2) is 8.42 Å². The van der Waals surface area contributed by atoms with E-state index in [1.165, 1.54) is 44.4 Å². The molecule has 0 aromatic heterocycles. The number of sulfonamides is 1. The van der Waals surface area contributed by atoms with Gasteiger partial charge >= 0.3 is 0 Å². The third kappa shape index (κ3) is 4.60. The third-order valence-electron chi connectivity index (χ3n) is 4.41. The van der Waals surface area contributed by atoms with Crippen LogP contribution in [-0.4, -0.2) is 33.2 Å². The summed E-state index contributed by atoms with van der Waals surface area (Å²) in [5.41, 5.74) is 0.810. The molecule has 1 saturated heterocycles. The number of hydrogen-bond acceptors (Lipinski definition) is 6. The van der Waals surface area contributed by atoms with Gasteiger partial charge in [0.2, 0.25) is 17.7 Å². The summed E-state index contributed by atoms with van der Waals surface area (Å²) in [4.78, 5) is 36.4. The first kappa shape index (κ1) is 21.3. The monoisotopic (exact) mass is 431 g/mol. The number of carbonyl (C=O) groups excluding carboxylic acids is 3. The molecule has 2 aromatic carbocycles. The fraction of sp³-hybridized carbons (Fsp3) is 0.250. The zero-order valence-corrected chi connectivity index (χ0v) is 17.3. The van der Waals surface area contributed by atoms with Crippen molar-refractivity contribution in [3.05, 3.63) is 42.5 Å². The van der Waals surface area contributed by atoms with Crippen molar-refractivity contribution in [1.29, 1.82) is 0 Å². The highest BCUT2D eigenvalue weighted by Gasteiger charge is 2.29. The van der Waals surface area contributed by atoms with Gasteiger partial charge in [0.15, 0.2) is 0 Å². The van der Waals surface area contributed by atoms with Gasteiger partial charge in [0.1, 0.15) is 10.6 Å². The smallest absolute Gasteiger partial charge is 0.265 e. The lowest BCUT2D eigenvalue weighted by Gasteiger charge is -2.25. The number of nitrogens with zero attached hydrogens (tertiary/aromatic N) is 1. The fourth-order valence-electron chi connectivity index (χ4n) is 3.13. The van der Waals surface area contributed by atoms with Gasteiger partial charge in [-0.15, -0.1) is 0 Å². The third-order valence-corrected chi connectivity index (χ3v) is 5.81. The summed E-state index contributed by atoms with van der Waals surface area (Å²) in [6, 6.07) is 10.3. The van der Waals surface area contributed by atoms with Crippen molar-refractivity contribution >= 4 is 44.8 Å². The molecule has 158 valence electrons. The normalized spacial score (nSPS) is 14.4. The van der Waals surface area contributed by atoms with Crippen LogP contribution >= 0.6 is 0 Å². The maximum absolute atomic E-state index is 13.0. The average molecular weight is 431 g/mol. The van der Waals surface area contributed by atoms with Gasteiger partial charge in [0.25, 0.3) is 10.0 Å². The molecule has 0 spiro atoms. The van der Waals surface area contributed by atoms with Crippen molar-refractivity contribution in [3.63, 3.8) is 0 Å². The molecule has 2 aromatic rings. The van der Waals surface area contributed by atoms with E-state index in [2.05, 4.69) is 10.0 Å². The molecule has 3 rings (SSSR count). The highest BCUT2D eigenvalue weighted by Crippen LogP contribution is 2.32. The summed E-state index contributed by atoms with van der Waals surface area (Å²) in [6.07, 6.45) is 0.907. The molecule has 0 bridgehead atoms. The fourth-order valence-corrected chi connectivity index (χ4v) is 4.37. The highest BCUT2D eigenvalue weighted by atomic mass is 32.2. The van der Waals surface area contributed by atoms with Crippen LogP contribution in [0.15, 0.2) is 47.4 Å². The number of rotatable bonds is 6. The molecule has 0 radical (unpaired) electrons. The van der Waals surface area contributed by atoms with Crippen LogP contribution in [0.2, 0.25) is 0 Å². The average Bonchev–Trinajstić information content (AvgIpc) is 2.67. The molecule has 0 saturated carbocycles. The predicted molar refractivity (Wildman–Crippen MR) is 111 cm³/mol. The first-order chi connectivity index (χ1) is 14.2. The van der Waals surface area contributed by atoms with Crippen molar-refractivity contribution in [2.24, 2.45) is 0 Å². The molecule has 3 amide bonds. The van der Waals surface area contributed by atoms with Crippen LogP contribution in [0.25, 0.3) is 0 Å².